The molecule has 0 radical (unpaired) electrons. The lowest BCUT2D eigenvalue weighted by molar-refractivity contribution is 0.187. The molecule has 0 heterocycles. The zero-order valence-electron chi connectivity index (χ0n) is 15.5. The number of urea groups is 1. The van der Waals surface area contributed by atoms with Gasteiger partial charge in [0.05, 0.1) is 13.2 Å². The first kappa shape index (κ1) is 20.2. The summed E-state index contributed by atoms with van der Waals surface area (Å²) in [5.74, 6) is -0.321. The summed E-state index contributed by atoms with van der Waals surface area (Å²) in [7, 11) is 4.98. The molecule has 0 fully saturated rings. The summed E-state index contributed by atoms with van der Waals surface area (Å²) in [5.41, 5.74) is 1.77. The predicted octanol–water partition coefficient (Wildman–Crippen LogP) is 3.43. The third kappa shape index (κ3) is 6.27. The molecule has 0 aliphatic carbocycles. The average molecular weight is 374 g/mol. The maximum absolute atomic E-state index is 13.5. The molecule has 2 aromatic carbocycles. The van der Waals surface area contributed by atoms with E-state index in [9.17, 15) is 14.0 Å². The fourth-order valence-corrected chi connectivity index (χ4v) is 2.52. The number of likely N-dealkylation sites (N-methyl/N-ethyl adjacent to an activating group) is 1. The van der Waals surface area contributed by atoms with Crippen molar-refractivity contribution in [3.05, 3.63) is 59.9 Å². The zero-order chi connectivity index (χ0) is 19.8. The minimum absolute atomic E-state index is 0.182. The second kappa shape index (κ2) is 9.54. The molecule has 27 heavy (non-hydrogen) atoms. The number of carbonyl (C=O) groups is 2. The Morgan fingerprint density at radius 1 is 1.07 bits per heavy atom. The summed E-state index contributed by atoms with van der Waals surface area (Å²) in [5, 5.41) is 7.99. The van der Waals surface area contributed by atoms with Crippen molar-refractivity contribution in [2.75, 3.05) is 38.4 Å². The summed E-state index contributed by atoms with van der Waals surface area (Å²) in [6, 6.07) is 12.4. The van der Waals surface area contributed by atoms with Gasteiger partial charge in [-0.2, -0.15) is 0 Å². The first-order valence-corrected chi connectivity index (χ1v) is 8.31. The van der Waals surface area contributed by atoms with Crippen LogP contribution in [0.2, 0.25) is 0 Å². The van der Waals surface area contributed by atoms with Crippen LogP contribution in [0.5, 0.6) is 0 Å². The minimum atomic E-state index is -0.597. The van der Waals surface area contributed by atoms with Gasteiger partial charge in [-0.25, -0.2) is 14.0 Å². The molecule has 7 nitrogen and oxygen atoms in total. The highest BCUT2D eigenvalue weighted by molar-refractivity contribution is 5.91. The number of hydrogen-bond donors (Lipinski definition) is 3. The summed E-state index contributed by atoms with van der Waals surface area (Å²) in [4.78, 5) is 25.3. The van der Waals surface area contributed by atoms with Crippen molar-refractivity contribution < 1.29 is 18.7 Å². The molecular weight excluding hydrogens is 351 g/mol. The van der Waals surface area contributed by atoms with Crippen molar-refractivity contribution in [2.45, 2.75) is 6.04 Å². The quantitative estimate of drug-likeness (QED) is 0.723. The second-order valence-electron chi connectivity index (χ2n) is 6.07. The normalized spacial score (nSPS) is 11.6. The van der Waals surface area contributed by atoms with Crippen LogP contribution in [0.1, 0.15) is 11.6 Å². The van der Waals surface area contributed by atoms with Crippen LogP contribution in [0, 0.1) is 5.82 Å². The van der Waals surface area contributed by atoms with E-state index in [1.54, 1.807) is 30.3 Å². The van der Waals surface area contributed by atoms with E-state index in [-0.39, 0.29) is 11.9 Å². The average Bonchev–Trinajstić information content (AvgIpc) is 2.62. The topological polar surface area (TPSA) is 82.7 Å². The number of halogens is 1. The Bertz CT molecular complexity index is 798. The molecule has 0 aliphatic heterocycles. The molecule has 3 amide bonds. The number of anilines is 2. The molecule has 0 saturated carbocycles. The molecule has 144 valence electrons. The highest BCUT2D eigenvalue weighted by Crippen LogP contribution is 2.19. The number of nitrogens with one attached hydrogen (secondary N) is 3. The van der Waals surface area contributed by atoms with Crippen LogP contribution in [0.4, 0.5) is 25.4 Å². The Balaban J connectivity index is 1.96. The molecule has 0 unspecified atom stereocenters. The standard InChI is InChI=1S/C19H23FN4O3/c1-24(2)17(13-6-4-7-14(20)10-13)12-21-18(25)22-15-8-5-9-16(11-15)23-19(26)27-3/h4-11,17H,12H2,1-3H3,(H,23,26)(H2,21,22,25)/t17-/m0/s1. The molecule has 1 atom stereocenters. The van der Waals surface area contributed by atoms with E-state index >= 15 is 0 Å². The number of rotatable bonds is 6. The summed E-state index contributed by atoms with van der Waals surface area (Å²) in [6.07, 6.45) is -0.597. The lowest BCUT2D eigenvalue weighted by Crippen LogP contribution is -2.36. The molecule has 0 bridgehead atoms. The van der Waals surface area contributed by atoms with Crippen LogP contribution in [-0.2, 0) is 4.74 Å². The highest BCUT2D eigenvalue weighted by atomic mass is 19.1. The third-order valence-electron chi connectivity index (χ3n) is 3.86. The van der Waals surface area contributed by atoms with Gasteiger partial charge >= 0.3 is 12.1 Å². The maximum atomic E-state index is 13.5. The third-order valence-corrected chi connectivity index (χ3v) is 3.86. The second-order valence-corrected chi connectivity index (χ2v) is 6.07. The van der Waals surface area contributed by atoms with Crippen molar-refractivity contribution in [1.82, 2.24) is 10.2 Å². The lowest BCUT2D eigenvalue weighted by Gasteiger charge is -2.25. The van der Waals surface area contributed by atoms with Crippen LogP contribution >= 0.6 is 0 Å². The molecule has 3 N–H and O–H groups in total. The van der Waals surface area contributed by atoms with E-state index in [2.05, 4.69) is 20.7 Å². The Hall–Kier alpha value is -3.13. The molecule has 2 aromatic rings. The zero-order valence-corrected chi connectivity index (χ0v) is 15.5. The fourth-order valence-electron chi connectivity index (χ4n) is 2.52. The van der Waals surface area contributed by atoms with Gasteiger partial charge in [-0.05, 0) is 50.0 Å². The van der Waals surface area contributed by atoms with Gasteiger partial charge in [0.1, 0.15) is 5.82 Å². The van der Waals surface area contributed by atoms with Crippen LogP contribution in [0.3, 0.4) is 0 Å². The molecule has 0 spiro atoms. The molecule has 8 heteroatoms. The van der Waals surface area contributed by atoms with Crippen LogP contribution in [0.15, 0.2) is 48.5 Å². The van der Waals surface area contributed by atoms with Gasteiger partial charge in [-0.1, -0.05) is 18.2 Å². The molecule has 0 aliphatic rings. The Morgan fingerprint density at radius 3 is 2.37 bits per heavy atom. The van der Waals surface area contributed by atoms with E-state index < -0.39 is 12.1 Å². The summed E-state index contributed by atoms with van der Waals surface area (Å²) in [6.45, 7) is 0.294. The lowest BCUT2D eigenvalue weighted by atomic mass is 10.1. The van der Waals surface area contributed by atoms with Crippen molar-refractivity contribution in [3.8, 4) is 0 Å². The minimum Gasteiger partial charge on any atom is -0.453 e. The number of carbonyl (C=O) groups excluding carboxylic acids is 2. The van der Waals surface area contributed by atoms with E-state index in [1.807, 2.05) is 25.1 Å². The number of benzene rings is 2. The first-order chi connectivity index (χ1) is 12.9. The predicted molar refractivity (Wildman–Crippen MR) is 102 cm³/mol. The van der Waals surface area contributed by atoms with Crippen molar-refractivity contribution in [1.29, 1.82) is 0 Å². The van der Waals surface area contributed by atoms with Gasteiger partial charge in [-0.15, -0.1) is 0 Å². The Labute approximate surface area is 157 Å². The first-order valence-electron chi connectivity index (χ1n) is 8.31. The van der Waals surface area contributed by atoms with Gasteiger partial charge in [0.2, 0.25) is 0 Å². The molecular formula is C19H23FN4O3. The van der Waals surface area contributed by atoms with E-state index in [0.717, 1.165) is 5.56 Å². The van der Waals surface area contributed by atoms with Gasteiger partial charge in [-0.3, -0.25) is 5.32 Å². The van der Waals surface area contributed by atoms with Crippen molar-refractivity contribution in [3.63, 3.8) is 0 Å². The largest absolute Gasteiger partial charge is 0.453 e. The monoisotopic (exact) mass is 374 g/mol. The van der Waals surface area contributed by atoms with E-state index in [1.165, 1.54) is 19.2 Å². The van der Waals surface area contributed by atoms with Crippen molar-refractivity contribution in [2.24, 2.45) is 0 Å². The molecule has 0 saturated heterocycles. The van der Waals surface area contributed by atoms with Gasteiger partial charge in [0.25, 0.3) is 0 Å². The van der Waals surface area contributed by atoms with E-state index in [4.69, 9.17) is 0 Å². The SMILES string of the molecule is COC(=O)Nc1cccc(NC(=O)NC[C@@H](c2cccc(F)c2)N(C)C)c1. The van der Waals surface area contributed by atoms with Gasteiger partial charge in [0, 0.05) is 17.9 Å². The number of nitrogens with zero attached hydrogens (tertiary/aromatic N) is 1. The van der Waals surface area contributed by atoms with Gasteiger partial charge in [0.15, 0.2) is 0 Å². The molecule has 0 aromatic heterocycles. The fraction of sp³-hybridized carbons (Fsp3) is 0.263. The number of hydrogen-bond acceptors (Lipinski definition) is 4. The molecule has 2 rings (SSSR count). The Kier molecular flexibility index (Phi) is 7.13. The van der Waals surface area contributed by atoms with Crippen LogP contribution in [-0.4, -0.2) is 44.8 Å². The van der Waals surface area contributed by atoms with Gasteiger partial charge < -0.3 is 20.3 Å². The number of methoxy groups -OCH3 is 1. The summed E-state index contributed by atoms with van der Waals surface area (Å²) >= 11 is 0. The highest BCUT2D eigenvalue weighted by Gasteiger charge is 2.16. The van der Waals surface area contributed by atoms with Crippen molar-refractivity contribution >= 4 is 23.5 Å². The number of amides is 3. The smallest absolute Gasteiger partial charge is 0.411 e. The van der Waals surface area contributed by atoms with Crippen LogP contribution in [0.25, 0.3) is 0 Å². The van der Waals surface area contributed by atoms with E-state index in [0.29, 0.717) is 17.9 Å². The maximum Gasteiger partial charge on any atom is 0.411 e. The summed E-state index contributed by atoms with van der Waals surface area (Å²) < 4.78 is 18.0. The van der Waals surface area contributed by atoms with Crippen LogP contribution < -0.4 is 16.0 Å². The Morgan fingerprint density at radius 2 is 1.74 bits per heavy atom. The number of ether oxygens (including phenoxy) is 1.